The number of aromatic nitrogens is 1. The molecule has 6 heteroatoms. The first-order valence-corrected chi connectivity index (χ1v) is 5.24. The second kappa shape index (κ2) is 3.03. The van der Waals surface area contributed by atoms with Crippen LogP contribution in [-0.2, 0) is 11.2 Å². The van der Waals surface area contributed by atoms with Crippen LogP contribution in [0, 0.1) is 0 Å². The molecule has 0 radical (unpaired) electrons. The third kappa shape index (κ3) is 1.41. The summed E-state index contributed by atoms with van der Waals surface area (Å²) in [6.45, 7) is 1.76. The van der Waals surface area contributed by atoms with Crippen LogP contribution >= 0.6 is 11.8 Å². The second-order valence-electron chi connectivity index (χ2n) is 3.75. The molecule has 15 heavy (non-hydrogen) atoms. The summed E-state index contributed by atoms with van der Waals surface area (Å²) >= 11 is 1.35. The van der Waals surface area contributed by atoms with Crippen molar-refractivity contribution in [1.29, 1.82) is 0 Å². The van der Waals surface area contributed by atoms with Crippen LogP contribution in [0.25, 0.3) is 0 Å². The number of carbonyl (C=O) groups excluding carboxylic acids is 2. The van der Waals surface area contributed by atoms with Crippen LogP contribution in [0.4, 0.5) is 0 Å². The summed E-state index contributed by atoms with van der Waals surface area (Å²) in [5.74, 6) is -0.866. The molecule has 80 valence electrons. The third-order valence-corrected chi connectivity index (χ3v) is 3.94. The van der Waals surface area contributed by atoms with Crippen LogP contribution in [0.5, 0.6) is 0 Å². The molecule has 0 aromatic carbocycles. The minimum absolute atomic E-state index is 0.382. The topological polar surface area (TPSA) is 102 Å². The van der Waals surface area contributed by atoms with Gasteiger partial charge in [-0.05, 0) is 18.9 Å². The van der Waals surface area contributed by atoms with Crippen LogP contribution in [-0.4, -0.2) is 21.5 Å². The number of aromatic amines is 1. The third-order valence-electron chi connectivity index (χ3n) is 2.57. The molecule has 1 aliphatic rings. The molecule has 1 atom stereocenters. The highest BCUT2D eigenvalue weighted by atomic mass is 32.2. The van der Waals surface area contributed by atoms with Crippen molar-refractivity contribution in [2.45, 2.75) is 23.1 Å². The summed E-state index contributed by atoms with van der Waals surface area (Å²) in [6.07, 6.45) is 2.02. The molecule has 0 saturated carbocycles. The highest BCUT2D eigenvalue weighted by molar-refractivity contribution is 8.01. The van der Waals surface area contributed by atoms with Gasteiger partial charge >= 0.3 is 0 Å². The first-order valence-electron chi connectivity index (χ1n) is 4.43. The number of thioether (sulfide) groups is 1. The van der Waals surface area contributed by atoms with Crippen molar-refractivity contribution in [2.24, 2.45) is 11.5 Å². The number of amides is 2. The summed E-state index contributed by atoms with van der Waals surface area (Å²) in [7, 11) is 0. The Balaban J connectivity index is 2.40. The lowest BCUT2D eigenvalue weighted by Gasteiger charge is -2.17. The summed E-state index contributed by atoms with van der Waals surface area (Å²) in [5.41, 5.74) is 11.8. The van der Waals surface area contributed by atoms with Crippen LogP contribution in [0.15, 0.2) is 11.2 Å². The van der Waals surface area contributed by atoms with Gasteiger partial charge in [-0.3, -0.25) is 9.59 Å². The van der Waals surface area contributed by atoms with Gasteiger partial charge in [0.05, 0.1) is 10.6 Å². The average Bonchev–Trinajstić information content (AvgIpc) is 2.60. The predicted octanol–water partition coefficient (Wildman–Crippen LogP) is 0.00580. The summed E-state index contributed by atoms with van der Waals surface area (Å²) in [4.78, 5) is 25.3. The number of rotatable bonds is 2. The van der Waals surface area contributed by atoms with Gasteiger partial charge in [0.25, 0.3) is 5.91 Å². The number of H-pyrrole nitrogens is 1. The molecule has 0 saturated heterocycles. The van der Waals surface area contributed by atoms with Crippen molar-refractivity contribution in [1.82, 2.24) is 4.98 Å². The van der Waals surface area contributed by atoms with Gasteiger partial charge in [-0.25, -0.2) is 0 Å². The average molecular weight is 225 g/mol. The molecule has 0 aliphatic carbocycles. The smallest absolute Gasteiger partial charge is 0.250 e. The zero-order chi connectivity index (χ0) is 11.2. The van der Waals surface area contributed by atoms with E-state index in [-0.39, 0.29) is 5.91 Å². The molecule has 2 amide bonds. The summed E-state index contributed by atoms with van der Waals surface area (Å²) in [6, 6.07) is 0. The maximum atomic E-state index is 11.2. The van der Waals surface area contributed by atoms with E-state index in [1.165, 1.54) is 11.8 Å². The van der Waals surface area contributed by atoms with Gasteiger partial charge in [0.1, 0.15) is 4.75 Å². The Kier molecular flexibility index (Phi) is 2.04. The van der Waals surface area contributed by atoms with Gasteiger partial charge < -0.3 is 16.5 Å². The van der Waals surface area contributed by atoms with Gasteiger partial charge in [0.15, 0.2) is 0 Å². The number of hydrogen-bond acceptors (Lipinski definition) is 3. The van der Waals surface area contributed by atoms with Crippen molar-refractivity contribution in [3.63, 3.8) is 0 Å². The molecule has 2 heterocycles. The Hall–Kier alpha value is -1.43. The summed E-state index contributed by atoms with van der Waals surface area (Å²) in [5, 5.41) is 0.810. The molecule has 2 rings (SSSR count). The Morgan fingerprint density at radius 3 is 2.73 bits per heavy atom. The van der Waals surface area contributed by atoms with Crippen molar-refractivity contribution in [3.8, 4) is 0 Å². The maximum absolute atomic E-state index is 11.2. The number of nitrogens with one attached hydrogen (secondary N) is 1. The maximum Gasteiger partial charge on any atom is 0.250 e. The van der Waals surface area contributed by atoms with Gasteiger partial charge in [0, 0.05) is 6.20 Å². The van der Waals surface area contributed by atoms with Crippen LogP contribution in [0.3, 0.4) is 0 Å². The van der Waals surface area contributed by atoms with Gasteiger partial charge in [-0.15, -0.1) is 0 Å². The van der Waals surface area contributed by atoms with E-state index >= 15 is 0 Å². The first-order chi connectivity index (χ1) is 6.94. The van der Waals surface area contributed by atoms with Crippen molar-refractivity contribution < 1.29 is 9.59 Å². The fourth-order valence-electron chi connectivity index (χ4n) is 1.66. The molecular weight excluding hydrogens is 214 g/mol. The molecule has 1 aromatic rings. The highest BCUT2D eigenvalue weighted by Crippen LogP contribution is 2.45. The zero-order valence-electron chi connectivity index (χ0n) is 8.16. The van der Waals surface area contributed by atoms with E-state index in [1.807, 2.05) is 0 Å². The lowest BCUT2D eigenvalue weighted by molar-refractivity contribution is -0.119. The molecule has 5 N–H and O–H groups in total. The molecule has 5 nitrogen and oxygen atoms in total. The Bertz CT molecular complexity index is 454. The van der Waals surface area contributed by atoms with E-state index in [2.05, 4.69) is 4.98 Å². The lowest BCUT2D eigenvalue weighted by Crippen LogP contribution is -2.37. The fourth-order valence-corrected chi connectivity index (χ4v) is 2.85. The van der Waals surface area contributed by atoms with E-state index in [0.29, 0.717) is 12.0 Å². The van der Waals surface area contributed by atoms with E-state index in [9.17, 15) is 9.59 Å². The van der Waals surface area contributed by atoms with Gasteiger partial charge in [-0.2, -0.15) is 0 Å². The van der Waals surface area contributed by atoms with Gasteiger partial charge in [0.2, 0.25) is 5.91 Å². The van der Waals surface area contributed by atoms with Crippen molar-refractivity contribution in [2.75, 3.05) is 0 Å². The van der Waals surface area contributed by atoms with Crippen LogP contribution < -0.4 is 11.5 Å². The van der Waals surface area contributed by atoms with E-state index in [1.54, 1.807) is 13.1 Å². The molecule has 0 fully saturated rings. The Morgan fingerprint density at radius 2 is 2.20 bits per heavy atom. The van der Waals surface area contributed by atoms with Crippen molar-refractivity contribution in [3.05, 3.63) is 17.3 Å². The van der Waals surface area contributed by atoms with Crippen molar-refractivity contribution >= 4 is 23.6 Å². The molecule has 0 spiro atoms. The zero-order valence-corrected chi connectivity index (χ0v) is 8.98. The van der Waals surface area contributed by atoms with Gasteiger partial charge in [-0.1, -0.05) is 11.8 Å². The largest absolute Gasteiger partial charge is 0.368 e. The van der Waals surface area contributed by atoms with E-state index in [0.717, 1.165) is 10.6 Å². The number of fused-ring (bicyclic) bond motifs is 1. The molecular formula is C9H11N3O2S. The first kappa shape index (κ1) is 10.1. The second-order valence-corrected chi connectivity index (χ2v) is 5.26. The van der Waals surface area contributed by atoms with E-state index in [4.69, 9.17) is 11.5 Å². The monoisotopic (exact) mass is 225 g/mol. The molecule has 1 unspecified atom stereocenters. The fraction of sp³-hybridized carbons (Fsp3) is 0.333. The molecule has 1 aromatic heterocycles. The highest BCUT2D eigenvalue weighted by Gasteiger charge is 2.41. The standard InChI is InChI=1S/C9H11N3O2S/c1-9(8(11)14)2-4-5(6(10)13)3-12-7(4)15-9/h3,12H,2H2,1H3,(H2,10,13)(H2,11,14). The normalized spacial score (nSPS) is 23.8. The molecule has 0 bridgehead atoms. The number of primary amides is 2. The summed E-state index contributed by atoms with van der Waals surface area (Å²) < 4.78 is -0.674. The Labute approximate surface area is 90.6 Å². The van der Waals surface area contributed by atoms with Crippen LogP contribution in [0.1, 0.15) is 22.8 Å². The van der Waals surface area contributed by atoms with Crippen LogP contribution in [0.2, 0.25) is 0 Å². The quantitative estimate of drug-likeness (QED) is 0.660. The molecule has 1 aliphatic heterocycles. The minimum Gasteiger partial charge on any atom is -0.368 e. The Morgan fingerprint density at radius 1 is 1.53 bits per heavy atom. The number of carbonyl (C=O) groups is 2. The van der Waals surface area contributed by atoms with E-state index < -0.39 is 10.7 Å². The lowest BCUT2D eigenvalue weighted by atomic mass is 9.99. The number of nitrogens with two attached hydrogens (primary N) is 2. The minimum atomic E-state index is -0.674. The predicted molar refractivity (Wildman–Crippen MR) is 56.5 cm³/mol. The SMILES string of the molecule is CC1(C(N)=O)Cc2c(C(N)=O)c[nH]c2S1. The number of hydrogen-bond donors (Lipinski definition) is 3.